The molecule has 0 aromatic heterocycles. The molecule has 2 heterocycles. The van der Waals surface area contributed by atoms with Crippen molar-refractivity contribution in [2.24, 2.45) is 34.5 Å². The van der Waals surface area contributed by atoms with Crippen LogP contribution in [0.25, 0.3) is 0 Å². The summed E-state index contributed by atoms with van der Waals surface area (Å²) < 4.78 is 5.03. The molecule has 6 aliphatic rings. The molecule has 0 N–H and O–H groups in total. The summed E-state index contributed by atoms with van der Waals surface area (Å²) in [6.45, 7) is 0.262. The number of hydroxylamine groups is 2. The molecule has 5 unspecified atom stereocenters. The Morgan fingerprint density at radius 2 is 1.53 bits per heavy atom. The molecule has 2 bridgehead atoms. The number of esters is 2. The van der Waals surface area contributed by atoms with Gasteiger partial charge in [0.1, 0.15) is 10.8 Å². The van der Waals surface area contributed by atoms with Crippen molar-refractivity contribution in [3.8, 4) is 0 Å². The van der Waals surface area contributed by atoms with Crippen LogP contribution in [-0.2, 0) is 14.3 Å². The molecule has 2 saturated carbocycles. The van der Waals surface area contributed by atoms with Crippen molar-refractivity contribution in [1.29, 1.82) is 0 Å². The summed E-state index contributed by atoms with van der Waals surface area (Å²) in [6.07, 6.45) is 6.38. The highest BCUT2D eigenvalue weighted by Crippen LogP contribution is 2.73. The van der Waals surface area contributed by atoms with Gasteiger partial charge in [0.05, 0.1) is 0 Å². The van der Waals surface area contributed by atoms with E-state index in [1.807, 2.05) is 0 Å². The number of allylic oxidation sites excluding steroid dienone is 2. The lowest BCUT2D eigenvalue weighted by Gasteiger charge is -2.62. The van der Waals surface area contributed by atoms with Crippen LogP contribution in [0.4, 0.5) is 0 Å². The summed E-state index contributed by atoms with van der Waals surface area (Å²) in [5, 5.41) is 12.9. The molecule has 19 heavy (non-hydrogen) atoms. The average molecular weight is 260 g/mol. The Kier molecular flexibility index (Phi) is 1.55. The van der Waals surface area contributed by atoms with Crippen LogP contribution in [0.15, 0.2) is 12.2 Å². The Morgan fingerprint density at radius 3 is 1.95 bits per heavy atom. The predicted octanol–water partition coefficient (Wildman–Crippen LogP) is 0.698. The van der Waals surface area contributed by atoms with Crippen LogP contribution in [0.2, 0.25) is 0 Å². The third-order valence-electron chi connectivity index (χ3n) is 6.53. The Balaban J connectivity index is 1.82. The first kappa shape index (κ1) is 10.6. The maximum Gasteiger partial charge on any atom is 0.322 e. The minimum absolute atomic E-state index is 0.0224. The number of cyclic esters (lactones) is 2. The van der Waals surface area contributed by atoms with E-state index in [1.165, 1.54) is 0 Å². The minimum Gasteiger partial charge on any atom is -0.785 e. The Bertz CT molecular complexity index is 512. The Morgan fingerprint density at radius 1 is 1.05 bits per heavy atom. The first-order valence-corrected chi connectivity index (χ1v) is 6.98. The summed E-state index contributed by atoms with van der Waals surface area (Å²) in [5.41, 5.74) is -1.76. The number of rotatable bonds is 0. The molecule has 6 atom stereocenters. The monoisotopic (exact) mass is 260 g/mol. The van der Waals surface area contributed by atoms with Crippen molar-refractivity contribution in [3.63, 3.8) is 0 Å². The Labute approximate surface area is 110 Å². The number of ether oxygens (including phenoxy) is 1. The van der Waals surface area contributed by atoms with Gasteiger partial charge in [0, 0.05) is 13.1 Å². The van der Waals surface area contributed by atoms with E-state index in [4.69, 9.17) is 4.74 Å². The van der Waals surface area contributed by atoms with Gasteiger partial charge < -0.3 is 15.0 Å². The molecule has 0 amide bonds. The number of nitrogens with zero attached hydrogens (tertiary/aromatic N) is 1. The highest BCUT2D eigenvalue weighted by molar-refractivity contribution is 6.04. The molecule has 2 aliphatic heterocycles. The molecule has 0 aromatic carbocycles. The smallest absolute Gasteiger partial charge is 0.322 e. The van der Waals surface area contributed by atoms with E-state index in [-0.39, 0.29) is 24.9 Å². The maximum absolute atomic E-state index is 12.4. The fourth-order valence-corrected chi connectivity index (χ4v) is 5.76. The molecule has 4 fully saturated rings. The predicted molar refractivity (Wildman–Crippen MR) is 63.2 cm³/mol. The highest BCUT2D eigenvalue weighted by Gasteiger charge is 2.81. The van der Waals surface area contributed by atoms with Crippen LogP contribution in [0.3, 0.4) is 0 Å². The minimum atomic E-state index is -0.882. The van der Waals surface area contributed by atoms with Crippen molar-refractivity contribution in [3.05, 3.63) is 17.4 Å². The summed E-state index contributed by atoms with van der Waals surface area (Å²) in [7, 11) is 0. The van der Waals surface area contributed by atoms with Crippen molar-refractivity contribution >= 4 is 11.9 Å². The molecular formula is C14H14NO4-. The van der Waals surface area contributed by atoms with Gasteiger partial charge in [-0.25, -0.2) is 0 Å². The molecule has 5 heteroatoms. The lowest BCUT2D eigenvalue weighted by molar-refractivity contribution is -0.165. The number of hydrogen-bond donors (Lipinski definition) is 0. The lowest BCUT2D eigenvalue weighted by atomic mass is 9.37. The molecule has 0 radical (unpaired) electrons. The topological polar surface area (TPSA) is 69.7 Å². The van der Waals surface area contributed by atoms with Gasteiger partial charge >= 0.3 is 11.9 Å². The number of hydrogen-bond acceptors (Lipinski definition) is 5. The molecule has 100 valence electrons. The second-order valence-electron chi connectivity index (χ2n) is 6.76. The van der Waals surface area contributed by atoms with Gasteiger partial charge in [-0.3, -0.25) is 9.59 Å². The van der Waals surface area contributed by atoms with Gasteiger partial charge in [0.2, 0.25) is 0 Å². The van der Waals surface area contributed by atoms with Gasteiger partial charge in [0.15, 0.2) is 0 Å². The van der Waals surface area contributed by atoms with Gasteiger partial charge in [-0.05, 0) is 36.5 Å². The highest BCUT2D eigenvalue weighted by atomic mass is 16.6. The second kappa shape index (κ2) is 2.79. The van der Waals surface area contributed by atoms with E-state index in [9.17, 15) is 14.8 Å². The lowest BCUT2D eigenvalue weighted by Crippen LogP contribution is -2.65. The van der Waals surface area contributed by atoms with Gasteiger partial charge in [-0.15, -0.1) is 0 Å². The van der Waals surface area contributed by atoms with Crippen molar-refractivity contribution in [2.45, 2.75) is 12.8 Å². The normalized spacial score (nSPS) is 57.5. The largest absolute Gasteiger partial charge is 0.785 e. The zero-order valence-corrected chi connectivity index (χ0v) is 10.4. The zero-order chi connectivity index (χ0) is 13.0. The quantitative estimate of drug-likeness (QED) is 0.364. The molecule has 0 spiro atoms. The maximum atomic E-state index is 12.4. The van der Waals surface area contributed by atoms with Crippen LogP contribution >= 0.6 is 0 Å². The molecule has 6 rings (SSSR count). The van der Waals surface area contributed by atoms with Crippen molar-refractivity contribution < 1.29 is 14.3 Å². The van der Waals surface area contributed by atoms with Gasteiger partial charge in [0.25, 0.3) is 0 Å². The SMILES string of the molecule is O=C1OC(=O)C23CN([O-])CC12C1C=C[C@H]3C2CCC21. The van der Waals surface area contributed by atoms with E-state index in [0.29, 0.717) is 11.8 Å². The van der Waals surface area contributed by atoms with E-state index < -0.39 is 22.8 Å². The summed E-state index contributed by atoms with van der Waals surface area (Å²) in [5.74, 6) is 0.0885. The molecular weight excluding hydrogens is 246 g/mol. The van der Waals surface area contributed by atoms with E-state index in [2.05, 4.69) is 12.2 Å². The zero-order valence-electron chi connectivity index (χ0n) is 10.4. The number of carbonyl (C=O) groups excluding carboxylic acids is 2. The first-order valence-electron chi connectivity index (χ1n) is 6.98. The van der Waals surface area contributed by atoms with Crippen LogP contribution in [-0.4, -0.2) is 30.1 Å². The summed E-state index contributed by atoms with van der Waals surface area (Å²) in [6, 6.07) is 0. The van der Waals surface area contributed by atoms with Crippen LogP contribution in [0, 0.1) is 39.7 Å². The van der Waals surface area contributed by atoms with Crippen LogP contribution < -0.4 is 0 Å². The third-order valence-corrected chi connectivity index (χ3v) is 6.53. The molecule has 0 aromatic rings. The van der Waals surface area contributed by atoms with Crippen LogP contribution in [0.1, 0.15) is 12.8 Å². The summed E-state index contributed by atoms with van der Waals surface area (Å²) in [4.78, 5) is 24.8. The van der Waals surface area contributed by atoms with Gasteiger partial charge in [-0.2, -0.15) is 0 Å². The first-order chi connectivity index (χ1) is 9.11. The molecule has 5 nitrogen and oxygen atoms in total. The van der Waals surface area contributed by atoms with E-state index in [0.717, 1.165) is 17.9 Å². The fourth-order valence-electron chi connectivity index (χ4n) is 5.76. The third kappa shape index (κ3) is 0.801. The van der Waals surface area contributed by atoms with E-state index >= 15 is 0 Å². The molecule has 4 aliphatic carbocycles. The van der Waals surface area contributed by atoms with Crippen molar-refractivity contribution in [2.75, 3.05) is 13.1 Å². The second-order valence-corrected chi connectivity index (χ2v) is 6.76. The number of carbonyl (C=O) groups is 2. The van der Waals surface area contributed by atoms with E-state index in [1.54, 1.807) is 0 Å². The van der Waals surface area contributed by atoms with Crippen LogP contribution in [0.5, 0.6) is 0 Å². The average Bonchev–Trinajstić information content (AvgIpc) is 2.75. The Hall–Kier alpha value is -1.20. The fraction of sp³-hybridized carbons (Fsp3) is 0.714. The van der Waals surface area contributed by atoms with Gasteiger partial charge in [-0.1, -0.05) is 12.2 Å². The molecule has 2 saturated heterocycles. The van der Waals surface area contributed by atoms with Crippen molar-refractivity contribution in [1.82, 2.24) is 5.06 Å². The standard InChI is InChI=1S/C14H14NO4/c16-11-13-5-15(18)6-14(13,12(17)19-11)10-4-3-9(13)7-1-2-8(7)10/h3-4,7-10H,1-2,5-6H2/q-1/t7?,8?,9-,10?,13?,14?/m0/s1. The summed E-state index contributed by atoms with van der Waals surface area (Å²) >= 11 is 0.